The molecule has 0 saturated carbocycles. The molecule has 0 aliphatic carbocycles. The third-order valence-electron chi connectivity index (χ3n) is 3.33. The van der Waals surface area contributed by atoms with Gasteiger partial charge in [-0.25, -0.2) is 0 Å². The Hall–Kier alpha value is -0.440. The minimum absolute atomic E-state index is 0.0881. The second-order valence-electron chi connectivity index (χ2n) is 5.04. The molecule has 1 aromatic carbocycles. The molecule has 1 unspecified atom stereocenters. The van der Waals surface area contributed by atoms with Gasteiger partial charge in [0.1, 0.15) is 5.75 Å². The van der Waals surface area contributed by atoms with E-state index in [0.29, 0.717) is 17.4 Å². The van der Waals surface area contributed by atoms with Crippen LogP contribution in [0, 0.1) is 0 Å². The quantitative estimate of drug-likeness (QED) is 0.521. The molecule has 0 fully saturated rings. The first kappa shape index (κ1) is 16.6. The third-order valence-corrected chi connectivity index (χ3v) is 3.90. The van der Waals surface area contributed by atoms with E-state index < -0.39 is 6.29 Å². The zero-order chi connectivity index (χ0) is 14.5. The van der Waals surface area contributed by atoms with Gasteiger partial charge >= 0.3 is 0 Å². The molecule has 0 aliphatic rings. The molecule has 1 atom stereocenters. The largest absolute Gasteiger partial charge is 0.462 e. The topological polar surface area (TPSA) is 18.5 Å². The molecular weight excluding hydrogens is 283 g/mol. The lowest BCUT2D eigenvalue weighted by atomic mass is 9.82. The van der Waals surface area contributed by atoms with Gasteiger partial charge in [-0.15, -0.1) is 11.6 Å². The molecule has 1 aromatic rings. The van der Waals surface area contributed by atoms with Crippen LogP contribution in [-0.4, -0.2) is 18.8 Å². The van der Waals surface area contributed by atoms with Crippen LogP contribution in [0.1, 0.15) is 39.7 Å². The Balaban J connectivity index is 2.97. The van der Waals surface area contributed by atoms with Crippen LogP contribution in [0.15, 0.2) is 18.2 Å². The molecule has 0 bridgehead atoms. The van der Waals surface area contributed by atoms with Gasteiger partial charge in [-0.2, -0.15) is 0 Å². The Kier molecular flexibility index (Phi) is 6.45. The lowest BCUT2D eigenvalue weighted by molar-refractivity contribution is -0.0587. The Bertz CT molecular complexity index is 405. The number of hydrogen-bond donors (Lipinski definition) is 0. The fourth-order valence-electron chi connectivity index (χ4n) is 1.66. The average Bonchev–Trinajstić information content (AvgIpc) is 2.40. The summed E-state index contributed by atoms with van der Waals surface area (Å²) in [7, 11) is 0. The van der Waals surface area contributed by atoms with Gasteiger partial charge in [0.05, 0.1) is 10.9 Å². The minimum atomic E-state index is -0.468. The van der Waals surface area contributed by atoms with Crippen molar-refractivity contribution in [2.75, 3.05) is 12.5 Å². The lowest BCUT2D eigenvalue weighted by Gasteiger charge is -2.25. The third kappa shape index (κ3) is 4.55. The molecule has 0 aromatic heterocycles. The molecule has 0 spiro atoms. The maximum atomic E-state index is 6.17. The first-order chi connectivity index (χ1) is 8.94. The van der Waals surface area contributed by atoms with Crippen molar-refractivity contribution in [2.24, 2.45) is 0 Å². The summed E-state index contributed by atoms with van der Waals surface area (Å²) in [6.07, 6.45) is 0.572. The number of hydrogen-bond acceptors (Lipinski definition) is 2. The maximum absolute atomic E-state index is 6.17. The van der Waals surface area contributed by atoms with Gasteiger partial charge in [-0.3, -0.25) is 0 Å². The number of ether oxygens (including phenoxy) is 2. The van der Waals surface area contributed by atoms with Crippen molar-refractivity contribution in [3.8, 4) is 5.75 Å². The van der Waals surface area contributed by atoms with E-state index in [4.69, 9.17) is 32.7 Å². The molecule has 0 amide bonds. The Labute approximate surface area is 126 Å². The van der Waals surface area contributed by atoms with Gasteiger partial charge in [-0.05, 0) is 36.5 Å². The predicted octanol–water partition coefficient (Wildman–Crippen LogP) is 5.01. The molecule has 0 heterocycles. The Morgan fingerprint density at radius 1 is 1.26 bits per heavy atom. The molecule has 0 radical (unpaired) electrons. The number of halogens is 2. The fraction of sp³-hybridized carbons (Fsp3) is 0.600. The first-order valence-electron chi connectivity index (χ1n) is 6.58. The van der Waals surface area contributed by atoms with Gasteiger partial charge in [0.2, 0.25) is 6.29 Å². The van der Waals surface area contributed by atoms with Crippen molar-refractivity contribution >= 4 is 23.2 Å². The highest BCUT2D eigenvalue weighted by Crippen LogP contribution is 2.34. The molecule has 0 saturated heterocycles. The summed E-state index contributed by atoms with van der Waals surface area (Å²) in [6, 6.07) is 5.88. The number of alkyl halides is 1. The van der Waals surface area contributed by atoms with Crippen LogP contribution in [0.2, 0.25) is 5.02 Å². The highest BCUT2D eigenvalue weighted by atomic mass is 35.5. The second kappa shape index (κ2) is 7.37. The van der Waals surface area contributed by atoms with Crippen molar-refractivity contribution in [2.45, 2.75) is 45.8 Å². The summed E-state index contributed by atoms with van der Waals surface area (Å²) < 4.78 is 11.1. The van der Waals surface area contributed by atoms with Crippen molar-refractivity contribution < 1.29 is 9.47 Å². The summed E-state index contributed by atoms with van der Waals surface area (Å²) in [6.45, 7) is 9.01. The van der Waals surface area contributed by atoms with Crippen LogP contribution in [-0.2, 0) is 10.2 Å². The van der Waals surface area contributed by atoms with Gasteiger partial charge in [0.25, 0.3) is 0 Å². The van der Waals surface area contributed by atoms with E-state index >= 15 is 0 Å². The van der Waals surface area contributed by atoms with Crippen LogP contribution in [0.25, 0.3) is 0 Å². The van der Waals surface area contributed by atoms with Crippen molar-refractivity contribution in [3.05, 3.63) is 28.8 Å². The fourth-order valence-corrected chi connectivity index (χ4v) is 1.97. The first-order valence-corrected chi connectivity index (χ1v) is 7.50. The predicted molar refractivity (Wildman–Crippen MR) is 81.5 cm³/mol. The van der Waals surface area contributed by atoms with E-state index in [1.165, 1.54) is 5.56 Å². The molecule has 4 heteroatoms. The van der Waals surface area contributed by atoms with Gasteiger partial charge in [0.15, 0.2) is 0 Å². The van der Waals surface area contributed by atoms with Crippen LogP contribution in [0.3, 0.4) is 0 Å². The average molecular weight is 305 g/mol. The Morgan fingerprint density at radius 2 is 1.95 bits per heavy atom. The van der Waals surface area contributed by atoms with E-state index in [0.717, 1.165) is 6.42 Å². The summed E-state index contributed by atoms with van der Waals surface area (Å²) in [5.41, 5.74) is 1.28. The van der Waals surface area contributed by atoms with E-state index in [9.17, 15) is 0 Å². The monoisotopic (exact) mass is 304 g/mol. The van der Waals surface area contributed by atoms with Crippen molar-refractivity contribution in [1.29, 1.82) is 0 Å². The SMILES string of the molecule is CCOC(CCl)Oc1cc(C(C)(C)CC)ccc1Cl. The molecule has 2 nitrogen and oxygen atoms in total. The highest BCUT2D eigenvalue weighted by molar-refractivity contribution is 6.32. The maximum Gasteiger partial charge on any atom is 0.213 e. The Morgan fingerprint density at radius 3 is 2.47 bits per heavy atom. The molecular formula is C15H22Cl2O2. The second-order valence-corrected chi connectivity index (χ2v) is 5.76. The smallest absolute Gasteiger partial charge is 0.213 e. The van der Waals surface area contributed by atoms with Gasteiger partial charge in [-0.1, -0.05) is 38.4 Å². The lowest BCUT2D eigenvalue weighted by Crippen LogP contribution is -2.23. The van der Waals surface area contributed by atoms with Gasteiger partial charge < -0.3 is 9.47 Å². The van der Waals surface area contributed by atoms with E-state index in [1.54, 1.807) is 0 Å². The normalized spacial score (nSPS) is 13.4. The minimum Gasteiger partial charge on any atom is -0.462 e. The van der Waals surface area contributed by atoms with Crippen molar-refractivity contribution in [3.63, 3.8) is 0 Å². The summed E-state index contributed by atoms with van der Waals surface area (Å²) in [5, 5.41) is 0.575. The number of benzene rings is 1. The van der Waals surface area contributed by atoms with E-state index in [1.807, 2.05) is 25.1 Å². The zero-order valence-electron chi connectivity index (χ0n) is 12.0. The van der Waals surface area contributed by atoms with Crippen LogP contribution < -0.4 is 4.74 Å². The molecule has 1 rings (SSSR count). The highest BCUT2D eigenvalue weighted by Gasteiger charge is 2.20. The molecule has 108 valence electrons. The summed E-state index contributed by atoms with van der Waals surface area (Å²) in [5.74, 6) is 0.894. The summed E-state index contributed by atoms with van der Waals surface area (Å²) >= 11 is 12.0. The molecule has 0 aliphatic heterocycles. The van der Waals surface area contributed by atoms with Crippen LogP contribution in [0.4, 0.5) is 0 Å². The van der Waals surface area contributed by atoms with Gasteiger partial charge in [0, 0.05) is 6.61 Å². The standard InChI is InChI=1S/C15H22Cl2O2/c1-5-15(3,4)11-7-8-12(17)13(9-11)19-14(10-16)18-6-2/h7-9,14H,5-6,10H2,1-4H3. The van der Waals surface area contributed by atoms with E-state index in [2.05, 4.69) is 20.8 Å². The molecule has 0 N–H and O–H groups in total. The zero-order valence-corrected chi connectivity index (χ0v) is 13.5. The van der Waals surface area contributed by atoms with Crippen LogP contribution in [0.5, 0.6) is 5.75 Å². The van der Waals surface area contributed by atoms with Crippen LogP contribution >= 0.6 is 23.2 Å². The summed E-state index contributed by atoms with van der Waals surface area (Å²) in [4.78, 5) is 0. The van der Waals surface area contributed by atoms with E-state index in [-0.39, 0.29) is 11.3 Å². The molecule has 19 heavy (non-hydrogen) atoms. The van der Waals surface area contributed by atoms with Crippen molar-refractivity contribution in [1.82, 2.24) is 0 Å². The number of rotatable bonds is 7.